The van der Waals surface area contributed by atoms with Crippen molar-refractivity contribution in [2.75, 3.05) is 49.2 Å². The van der Waals surface area contributed by atoms with Gasteiger partial charge in [0.1, 0.15) is 5.75 Å². The minimum Gasteiger partial charge on any atom is -0.496 e. The molecule has 0 spiro atoms. The van der Waals surface area contributed by atoms with Gasteiger partial charge < -0.3 is 33.7 Å². The molecule has 0 saturated heterocycles. The first-order valence-corrected chi connectivity index (χ1v) is 10.1. The van der Waals surface area contributed by atoms with Crippen LogP contribution in [0.2, 0.25) is 0 Å². The summed E-state index contributed by atoms with van der Waals surface area (Å²) < 4.78 is 32.1. The molecule has 174 valence electrons. The molecule has 1 N–H and O–H groups in total. The molecule has 0 radical (unpaired) electrons. The van der Waals surface area contributed by atoms with E-state index in [0.29, 0.717) is 41.7 Å². The number of ether oxygens (including phenoxy) is 6. The van der Waals surface area contributed by atoms with Gasteiger partial charge in [-0.2, -0.15) is 0 Å². The number of aryl methyl sites for hydroxylation is 1. The van der Waals surface area contributed by atoms with E-state index >= 15 is 0 Å². The molecule has 0 fully saturated rings. The van der Waals surface area contributed by atoms with Crippen LogP contribution in [-0.4, -0.2) is 55.1 Å². The second kappa shape index (κ2) is 12.3. The van der Waals surface area contributed by atoms with Gasteiger partial charge in [0.05, 0.1) is 42.7 Å². The Morgan fingerprint density at radius 1 is 0.750 bits per heavy atom. The highest BCUT2D eigenvalue weighted by Gasteiger charge is 2.13. The number of hydrogen-bond donors (Lipinski definition) is 1. The van der Waals surface area contributed by atoms with Crippen LogP contribution >= 0.6 is 0 Å². The van der Waals surface area contributed by atoms with E-state index in [2.05, 4.69) is 5.32 Å². The molecule has 0 bridgehead atoms. The summed E-state index contributed by atoms with van der Waals surface area (Å²) in [7, 11) is 9.42. The molecule has 0 heterocycles. The molecule has 2 aromatic rings. The summed E-state index contributed by atoms with van der Waals surface area (Å²) in [5.74, 6) is 3.32. The van der Waals surface area contributed by atoms with E-state index in [0.717, 1.165) is 23.3 Å². The molecule has 0 aliphatic heterocycles. The Balaban J connectivity index is 1.95. The topological polar surface area (TPSA) is 84.5 Å². The zero-order valence-corrected chi connectivity index (χ0v) is 19.4. The zero-order chi connectivity index (χ0) is 23.5. The first kappa shape index (κ1) is 24.7. The minimum absolute atomic E-state index is 0.196. The Hall–Kier alpha value is -3.55. The number of carbonyl (C=O) groups excluding carboxylic acids is 1. The summed E-state index contributed by atoms with van der Waals surface area (Å²) in [6, 6.07) is 7.24. The minimum atomic E-state index is -0.196. The van der Waals surface area contributed by atoms with Gasteiger partial charge in [0.25, 0.3) is 0 Å². The molecule has 0 aliphatic carbocycles. The van der Waals surface area contributed by atoms with Crippen molar-refractivity contribution in [1.82, 2.24) is 5.32 Å². The number of benzene rings is 2. The molecule has 8 heteroatoms. The highest BCUT2D eigenvalue weighted by molar-refractivity contribution is 5.91. The summed E-state index contributed by atoms with van der Waals surface area (Å²) in [5.41, 5.74) is 1.73. The Morgan fingerprint density at radius 2 is 1.31 bits per heavy atom. The molecule has 8 nitrogen and oxygen atoms in total. The highest BCUT2D eigenvalue weighted by Crippen LogP contribution is 2.38. The van der Waals surface area contributed by atoms with Crippen molar-refractivity contribution in [3.05, 3.63) is 41.5 Å². The van der Waals surface area contributed by atoms with E-state index in [1.807, 2.05) is 6.07 Å². The van der Waals surface area contributed by atoms with Gasteiger partial charge in [-0.05, 0) is 48.2 Å². The van der Waals surface area contributed by atoms with E-state index in [4.69, 9.17) is 28.4 Å². The van der Waals surface area contributed by atoms with Crippen molar-refractivity contribution < 1.29 is 33.2 Å². The van der Waals surface area contributed by atoms with Gasteiger partial charge in [-0.25, -0.2) is 0 Å². The van der Waals surface area contributed by atoms with Crippen LogP contribution in [0.4, 0.5) is 0 Å². The quantitative estimate of drug-likeness (QED) is 0.395. The molecule has 0 aliphatic rings. The van der Waals surface area contributed by atoms with E-state index in [1.165, 1.54) is 6.08 Å². The normalized spacial score (nSPS) is 10.6. The van der Waals surface area contributed by atoms with Crippen LogP contribution in [0.5, 0.6) is 34.5 Å². The largest absolute Gasteiger partial charge is 0.496 e. The molecule has 32 heavy (non-hydrogen) atoms. The molecular formula is C24H31NO7. The lowest BCUT2D eigenvalue weighted by molar-refractivity contribution is -0.116. The number of methoxy groups -OCH3 is 6. The zero-order valence-electron chi connectivity index (χ0n) is 19.4. The highest BCUT2D eigenvalue weighted by atomic mass is 16.5. The number of carbonyl (C=O) groups is 1. The Bertz CT molecular complexity index is 915. The maximum Gasteiger partial charge on any atom is 0.243 e. The Morgan fingerprint density at radius 3 is 1.84 bits per heavy atom. The third-order valence-electron chi connectivity index (χ3n) is 4.82. The number of amides is 1. The molecular weight excluding hydrogens is 414 g/mol. The summed E-state index contributed by atoms with van der Waals surface area (Å²) in [6.07, 6.45) is 4.60. The standard InChI is InChI=1S/C24H31NO7/c1-27-18-15-20(29-3)19(28-2)14-17(18)8-7-11-25-23(26)10-9-16-12-21(30-4)24(32-6)22(13-16)31-5/h9-10,12-15H,7-8,11H2,1-6H3,(H,25,26)/b10-9+. The maximum absolute atomic E-state index is 12.2. The number of rotatable bonds is 12. The van der Waals surface area contributed by atoms with Crippen molar-refractivity contribution in [1.29, 1.82) is 0 Å². The maximum atomic E-state index is 12.2. The first-order chi connectivity index (χ1) is 15.5. The predicted molar refractivity (Wildman–Crippen MR) is 123 cm³/mol. The van der Waals surface area contributed by atoms with Crippen LogP contribution in [0, 0.1) is 0 Å². The molecule has 0 unspecified atom stereocenters. The Labute approximate surface area is 189 Å². The summed E-state index contributed by atoms with van der Waals surface area (Å²) in [4.78, 5) is 12.2. The van der Waals surface area contributed by atoms with Gasteiger partial charge in [-0.15, -0.1) is 0 Å². The average Bonchev–Trinajstić information content (AvgIpc) is 2.83. The van der Waals surface area contributed by atoms with E-state index in [-0.39, 0.29) is 5.91 Å². The summed E-state index contributed by atoms with van der Waals surface area (Å²) in [5, 5.41) is 2.88. The predicted octanol–water partition coefficient (Wildman–Crippen LogP) is 3.50. The van der Waals surface area contributed by atoms with Crippen molar-refractivity contribution in [3.8, 4) is 34.5 Å². The third-order valence-corrected chi connectivity index (χ3v) is 4.82. The second-order valence-corrected chi connectivity index (χ2v) is 6.71. The molecule has 0 aromatic heterocycles. The third kappa shape index (κ3) is 6.23. The van der Waals surface area contributed by atoms with Crippen LogP contribution in [0.25, 0.3) is 6.08 Å². The van der Waals surface area contributed by atoms with Gasteiger partial charge >= 0.3 is 0 Å². The van der Waals surface area contributed by atoms with Gasteiger partial charge in [0.2, 0.25) is 11.7 Å². The lowest BCUT2D eigenvalue weighted by atomic mass is 10.1. The van der Waals surface area contributed by atoms with Gasteiger partial charge in [-0.3, -0.25) is 4.79 Å². The molecule has 0 saturated carbocycles. The van der Waals surface area contributed by atoms with E-state index in [9.17, 15) is 4.79 Å². The SMILES string of the molecule is COc1cc(OC)c(OC)cc1CCCNC(=O)/C=C/c1cc(OC)c(OC)c(OC)c1. The van der Waals surface area contributed by atoms with Gasteiger partial charge in [0.15, 0.2) is 23.0 Å². The van der Waals surface area contributed by atoms with Gasteiger partial charge in [0, 0.05) is 18.7 Å². The van der Waals surface area contributed by atoms with E-state index < -0.39 is 0 Å². The Kier molecular flexibility index (Phi) is 9.53. The van der Waals surface area contributed by atoms with E-state index in [1.54, 1.807) is 66.9 Å². The monoisotopic (exact) mass is 445 g/mol. The average molecular weight is 446 g/mol. The van der Waals surface area contributed by atoms with Crippen molar-refractivity contribution in [2.24, 2.45) is 0 Å². The van der Waals surface area contributed by atoms with Crippen molar-refractivity contribution in [2.45, 2.75) is 12.8 Å². The van der Waals surface area contributed by atoms with Crippen LogP contribution < -0.4 is 33.7 Å². The first-order valence-electron chi connectivity index (χ1n) is 10.1. The van der Waals surface area contributed by atoms with Crippen molar-refractivity contribution >= 4 is 12.0 Å². The molecule has 1 amide bonds. The lowest BCUT2D eigenvalue weighted by Crippen LogP contribution is -2.22. The van der Waals surface area contributed by atoms with Crippen LogP contribution in [0.15, 0.2) is 30.3 Å². The molecule has 2 rings (SSSR count). The molecule has 2 aromatic carbocycles. The fraction of sp³-hybridized carbons (Fsp3) is 0.375. The summed E-state index contributed by atoms with van der Waals surface area (Å²) in [6.45, 7) is 0.510. The fourth-order valence-corrected chi connectivity index (χ4v) is 3.21. The lowest BCUT2D eigenvalue weighted by Gasteiger charge is -2.14. The van der Waals surface area contributed by atoms with Gasteiger partial charge in [-0.1, -0.05) is 0 Å². The van der Waals surface area contributed by atoms with Crippen LogP contribution in [0.3, 0.4) is 0 Å². The molecule has 0 atom stereocenters. The smallest absolute Gasteiger partial charge is 0.243 e. The summed E-state index contributed by atoms with van der Waals surface area (Å²) >= 11 is 0. The van der Waals surface area contributed by atoms with Crippen LogP contribution in [0.1, 0.15) is 17.5 Å². The second-order valence-electron chi connectivity index (χ2n) is 6.71. The van der Waals surface area contributed by atoms with Crippen LogP contribution in [-0.2, 0) is 11.2 Å². The van der Waals surface area contributed by atoms with Crippen molar-refractivity contribution in [3.63, 3.8) is 0 Å². The fourth-order valence-electron chi connectivity index (χ4n) is 3.21. The number of nitrogens with one attached hydrogen (secondary N) is 1. The number of hydrogen-bond acceptors (Lipinski definition) is 7.